The molecular weight excluding hydrogens is 148 g/mol. The molecule has 64 valence electrons. The summed E-state index contributed by atoms with van der Waals surface area (Å²) in [5.74, 6) is -0.440. The van der Waals surface area contributed by atoms with Gasteiger partial charge in [0.1, 0.15) is 12.3 Å². The second kappa shape index (κ2) is 3.66. The van der Waals surface area contributed by atoms with Crippen molar-refractivity contribution < 1.29 is 14.6 Å². The number of piperazine rings is 1. The van der Waals surface area contributed by atoms with Gasteiger partial charge in [-0.25, -0.2) is 0 Å². The van der Waals surface area contributed by atoms with Crippen molar-refractivity contribution in [2.24, 2.45) is 0 Å². The van der Waals surface area contributed by atoms with E-state index >= 15 is 0 Å². The molecule has 1 aliphatic heterocycles. The third-order valence-electron chi connectivity index (χ3n) is 1.61. The van der Waals surface area contributed by atoms with Gasteiger partial charge in [-0.3, -0.25) is 15.4 Å². The maximum absolute atomic E-state index is 10.9. The van der Waals surface area contributed by atoms with E-state index in [0.717, 1.165) is 0 Å². The molecule has 5 nitrogen and oxygen atoms in total. The molecule has 0 unspecified atom stereocenters. The second-order valence-corrected chi connectivity index (χ2v) is 2.35. The molecule has 1 heterocycles. The molecule has 0 aromatic carbocycles. The summed E-state index contributed by atoms with van der Waals surface area (Å²) >= 11 is 0. The first-order valence-electron chi connectivity index (χ1n) is 3.48. The third kappa shape index (κ3) is 1.89. The van der Waals surface area contributed by atoms with E-state index in [0.29, 0.717) is 13.1 Å². The normalized spacial score (nSPS) is 31.5. The fraction of sp³-hybridized carbons (Fsp3) is 0.833. The van der Waals surface area contributed by atoms with Gasteiger partial charge in [0.05, 0.1) is 7.11 Å². The summed E-state index contributed by atoms with van der Waals surface area (Å²) in [4.78, 5) is 10.9. The molecule has 0 spiro atoms. The maximum atomic E-state index is 10.9. The average Bonchev–Trinajstić information content (AvgIpc) is 2.04. The van der Waals surface area contributed by atoms with E-state index in [-0.39, 0.29) is 0 Å². The smallest absolute Gasteiger partial charge is 0.327 e. The van der Waals surface area contributed by atoms with Crippen LogP contribution in [-0.2, 0) is 9.53 Å². The minimum atomic E-state index is -0.837. The quantitative estimate of drug-likeness (QED) is 0.388. The number of hydrogen-bond acceptors (Lipinski definition) is 5. The van der Waals surface area contributed by atoms with Crippen LogP contribution in [0.3, 0.4) is 0 Å². The van der Waals surface area contributed by atoms with Crippen molar-refractivity contribution >= 4 is 5.97 Å². The molecule has 0 aromatic heterocycles. The largest absolute Gasteiger partial charge is 0.468 e. The van der Waals surface area contributed by atoms with Gasteiger partial charge in [0, 0.05) is 13.1 Å². The van der Waals surface area contributed by atoms with Crippen LogP contribution in [-0.4, -0.2) is 43.5 Å². The van der Waals surface area contributed by atoms with E-state index in [1.54, 1.807) is 0 Å². The standard InChI is InChI=1S/C6H12N2O3/c1-11-6(10)4-5(9)8-3-2-7-4/h4-5,7-9H,2-3H2,1H3/t4-,5-/m1/s1. The van der Waals surface area contributed by atoms with E-state index in [1.165, 1.54) is 7.11 Å². The highest BCUT2D eigenvalue weighted by molar-refractivity contribution is 5.76. The molecule has 3 N–H and O–H groups in total. The molecule has 0 radical (unpaired) electrons. The Hall–Kier alpha value is -0.650. The average molecular weight is 160 g/mol. The molecule has 1 aliphatic rings. The lowest BCUT2D eigenvalue weighted by Gasteiger charge is -2.27. The van der Waals surface area contributed by atoms with E-state index in [1.807, 2.05) is 0 Å². The number of carbonyl (C=O) groups excluding carboxylic acids is 1. The van der Waals surface area contributed by atoms with E-state index in [9.17, 15) is 9.90 Å². The molecule has 1 fully saturated rings. The maximum Gasteiger partial charge on any atom is 0.327 e. The molecule has 1 rings (SSSR count). The molecule has 5 heteroatoms. The van der Waals surface area contributed by atoms with Crippen molar-refractivity contribution in [1.29, 1.82) is 0 Å². The lowest BCUT2D eigenvalue weighted by atomic mass is 10.2. The minimum Gasteiger partial charge on any atom is -0.468 e. The fourth-order valence-corrected chi connectivity index (χ4v) is 1.02. The zero-order valence-electron chi connectivity index (χ0n) is 6.33. The van der Waals surface area contributed by atoms with Crippen LogP contribution in [0.1, 0.15) is 0 Å². The summed E-state index contributed by atoms with van der Waals surface area (Å²) in [7, 11) is 1.30. The topological polar surface area (TPSA) is 70.6 Å². The lowest BCUT2D eigenvalue weighted by molar-refractivity contribution is -0.147. The molecule has 0 bridgehead atoms. The van der Waals surface area contributed by atoms with Crippen LogP contribution in [0.5, 0.6) is 0 Å². The van der Waals surface area contributed by atoms with Gasteiger partial charge in [-0.2, -0.15) is 0 Å². The third-order valence-corrected chi connectivity index (χ3v) is 1.61. The number of hydrogen-bond donors (Lipinski definition) is 3. The monoisotopic (exact) mass is 160 g/mol. The molecule has 0 saturated carbocycles. The Bertz CT molecular complexity index is 151. The van der Waals surface area contributed by atoms with Crippen molar-refractivity contribution in [3.63, 3.8) is 0 Å². The van der Waals surface area contributed by atoms with E-state index < -0.39 is 18.2 Å². The zero-order chi connectivity index (χ0) is 8.27. The Labute approximate surface area is 64.7 Å². The summed E-state index contributed by atoms with van der Waals surface area (Å²) < 4.78 is 4.46. The number of esters is 1. The first kappa shape index (κ1) is 8.45. The Morgan fingerprint density at radius 1 is 1.55 bits per heavy atom. The van der Waals surface area contributed by atoms with E-state index in [4.69, 9.17) is 0 Å². The molecule has 2 atom stereocenters. The lowest BCUT2D eigenvalue weighted by Crippen LogP contribution is -2.59. The Morgan fingerprint density at radius 2 is 2.18 bits per heavy atom. The van der Waals surface area contributed by atoms with Crippen LogP contribution in [0.4, 0.5) is 0 Å². The van der Waals surface area contributed by atoms with Crippen molar-refractivity contribution in [1.82, 2.24) is 10.6 Å². The summed E-state index contributed by atoms with van der Waals surface area (Å²) in [5, 5.41) is 14.8. The first-order chi connectivity index (χ1) is 5.25. The minimum absolute atomic E-state index is 0.440. The first-order valence-corrected chi connectivity index (χ1v) is 3.48. The SMILES string of the molecule is COC(=O)[C@@H]1NCCN[C@@H]1O. The van der Waals surface area contributed by atoms with Gasteiger partial charge in [0.2, 0.25) is 0 Å². The molecule has 1 saturated heterocycles. The van der Waals surface area contributed by atoms with Gasteiger partial charge in [0.15, 0.2) is 0 Å². The zero-order valence-corrected chi connectivity index (χ0v) is 6.33. The van der Waals surface area contributed by atoms with Gasteiger partial charge in [-0.1, -0.05) is 0 Å². The van der Waals surface area contributed by atoms with Crippen molar-refractivity contribution in [3.8, 4) is 0 Å². The van der Waals surface area contributed by atoms with Crippen molar-refractivity contribution in [2.75, 3.05) is 20.2 Å². The van der Waals surface area contributed by atoms with Crippen LogP contribution < -0.4 is 10.6 Å². The van der Waals surface area contributed by atoms with Crippen LogP contribution in [0.25, 0.3) is 0 Å². The number of methoxy groups -OCH3 is 1. The van der Waals surface area contributed by atoms with Crippen LogP contribution in [0.15, 0.2) is 0 Å². The van der Waals surface area contributed by atoms with Crippen molar-refractivity contribution in [3.05, 3.63) is 0 Å². The summed E-state index contributed by atoms with van der Waals surface area (Å²) in [6.45, 7) is 1.32. The van der Waals surface area contributed by atoms with Crippen LogP contribution in [0.2, 0.25) is 0 Å². The predicted octanol–water partition coefficient (Wildman–Crippen LogP) is -1.96. The second-order valence-electron chi connectivity index (χ2n) is 2.35. The van der Waals surface area contributed by atoms with Gasteiger partial charge in [-0.05, 0) is 0 Å². The Kier molecular flexibility index (Phi) is 2.81. The van der Waals surface area contributed by atoms with Crippen LogP contribution >= 0.6 is 0 Å². The highest BCUT2D eigenvalue weighted by Gasteiger charge is 2.29. The van der Waals surface area contributed by atoms with E-state index in [2.05, 4.69) is 15.4 Å². The summed E-state index contributed by atoms with van der Waals surface area (Å²) in [6.07, 6.45) is -0.837. The van der Waals surface area contributed by atoms with Gasteiger partial charge >= 0.3 is 5.97 Å². The van der Waals surface area contributed by atoms with Gasteiger partial charge < -0.3 is 9.84 Å². The fourth-order valence-electron chi connectivity index (χ4n) is 1.02. The molecule has 0 aliphatic carbocycles. The van der Waals surface area contributed by atoms with Crippen molar-refractivity contribution in [2.45, 2.75) is 12.3 Å². The number of aliphatic hydroxyl groups is 1. The number of rotatable bonds is 1. The highest BCUT2D eigenvalue weighted by Crippen LogP contribution is 1.96. The number of aliphatic hydroxyl groups excluding tert-OH is 1. The van der Waals surface area contributed by atoms with Gasteiger partial charge in [-0.15, -0.1) is 0 Å². The summed E-state index contributed by atoms with van der Waals surface area (Å²) in [6, 6.07) is -0.631. The number of ether oxygens (including phenoxy) is 1. The van der Waals surface area contributed by atoms with Gasteiger partial charge in [0.25, 0.3) is 0 Å². The predicted molar refractivity (Wildman–Crippen MR) is 37.8 cm³/mol. The molecule has 11 heavy (non-hydrogen) atoms. The molecular formula is C6H12N2O3. The molecule has 0 aromatic rings. The van der Waals surface area contributed by atoms with Crippen LogP contribution in [0, 0.1) is 0 Å². The molecule has 0 amide bonds. The highest BCUT2D eigenvalue weighted by atomic mass is 16.5. The number of nitrogens with one attached hydrogen (secondary N) is 2. The number of carbonyl (C=O) groups is 1. The Morgan fingerprint density at radius 3 is 2.73 bits per heavy atom. The summed E-state index contributed by atoms with van der Waals surface area (Å²) in [5.41, 5.74) is 0. The Balaban J connectivity index is 2.47.